The third-order valence-electron chi connectivity index (χ3n) is 3.83. The van der Waals surface area contributed by atoms with E-state index in [9.17, 15) is 13.6 Å². The van der Waals surface area contributed by atoms with Gasteiger partial charge in [-0.05, 0) is 65.5 Å². The van der Waals surface area contributed by atoms with Crippen molar-refractivity contribution in [3.05, 3.63) is 77.9 Å². The molecule has 0 saturated carbocycles. The molecule has 0 unspecified atom stereocenters. The highest BCUT2D eigenvalue weighted by molar-refractivity contribution is 8.00. The van der Waals surface area contributed by atoms with Crippen LogP contribution < -0.4 is 9.46 Å². The monoisotopic (exact) mass is 387 g/mol. The number of hydrogen-bond acceptors (Lipinski definition) is 4. The predicted octanol–water partition coefficient (Wildman–Crippen LogP) is 5.46. The molecule has 3 aromatic carbocycles. The minimum Gasteiger partial charge on any atom is -0.495 e. The van der Waals surface area contributed by atoms with Gasteiger partial charge >= 0.3 is 5.97 Å². The molecule has 138 valence electrons. The molecule has 7 heteroatoms. The first kappa shape index (κ1) is 18.7. The molecule has 0 aliphatic heterocycles. The van der Waals surface area contributed by atoms with Gasteiger partial charge in [0.15, 0.2) is 0 Å². The van der Waals surface area contributed by atoms with Crippen molar-refractivity contribution in [2.45, 2.75) is 4.90 Å². The Morgan fingerprint density at radius 3 is 2.33 bits per heavy atom. The molecule has 27 heavy (non-hydrogen) atoms. The van der Waals surface area contributed by atoms with Gasteiger partial charge in [-0.1, -0.05) is 18.2 Å². The van der Waals surface area contributed by atoms with E-state index in [1.54, 1.807) is 30.3 Å². The van der Waals surface area contributed by atoms with E-state index in [-0.39, 0.29) is 11.4 Å². The quantitative estimate of drug-likeness (QED) is 0.550. The first-order valence-electron chi connectivity index (χ1n) is 7.87. The van der Waals surface area contributed by atoms with Crippen LogP contribution in [-0.2, 0) is 0 Å². The van der Waals surface area contributed by atoms with E-state index >= 15 is 0 Å². The lowest BCUT2D eigenvalue weighted by Crippen LogP contribution is -1.99. The van der Waals surface area contributed by atoms with Gasteiger partial charge in [0, 0.05) is 0 Å². The number of carboxylic acid groups (broad SMARTS) is 1. The van der Waals surface area contributed by atoms with E-state index in [2.05, 4.69) is 4.72 Å². The molecule has 0 radical (unpaired) electrons. The van der Waals surface area contributed by atoms with Crippen molar-refractivity contribution >= 4 is 23.6 Å². The summed E-state index contributed by atoms with van der Waals surface area (Å²) in [6.45, 7) is 0. The second-order valence-corrected chi connectivity index (χ2v) is 6.42. The summed E-state index contributed by atoms with van der Waals surface area (Å²) in [5.74, 6) is -1.51. The number of nitrogens with one attached hydrogen (secondary N) is 1. The van der Waals surface area contributed by atoms with Crippen molar-refractivity contribution in [1.29, 1.82) is 0 Å². The molecule has 0 aromatic heterocycles. The molecule has 0 aliphatic rings. The summed E-state index contributed by atoms with van der Waals surface area (Å²) in [7, 11) is 1.43. The maximum Gasteiger partial charge on any atom is 0.335 e. The Labute approximate surface area is 158 Å². The lowest BCUT2D eigenvalue weighted by atomic mass is 10.1. The second kappa shape index (κ2) is 8.09. The van der Waals surface area contributed by atoms with Gasteiger partial charge in [0.1, 0.15) is 17.4 Å². The van der Waals surface area contributed by atoms with Crippen molar-refractivity contribution in [2.24, 2.45) is 0 Å². The van der Waals surface area contributed by atoms with Gasteiger partial charge in [-0.15, -0.1) is 0 Å². The minimum absolute atomic E-state index is 0.0947. The summed E-state index contributed by atoms with van der Waals surface area (Å²) in [4.78, 5) is 11.4. The maximum absolute atomic E-state index is 14.4. The highest BCUT2D eigenvalue weighted by Crippen LogP contribution is 2.32. The molecular weight excluding hydrogens is 372 g/mol. The lowest BCUT2D eigenvalue weighted by molar-refractivity contribution is 0.0696. The first-order valence-corrected chi connectivity index (χ1v) is 8.69. The lowest BCUT2D eigenvalue weighted by Gasteiger charge is -2.12. The number of hydrogen-bond donors (Lipinski definition) is 2. The number of methoxy groups -OCH3 is 1. The fourth-order valence-electron chi connectivity index (χ4n) is 2.42. The van der Waals surface area contributed by atoms with E-state index in [1.165, 1.54) is 37.4 Å². The second-order valence-electron chi connectivity index (χ2n) is 5.58. The van der Waals surface area contributed by atoms with Crippen molar-refractivity contribution in [3.8, 4) is 16.9 Å². The standard InChI is InChI=1S/C20H15F2NO3S/c1-26-18-11-14(20(24)25)4-8-17(18)23-27-19-9-5-13(10-16(19)22)12-2-6-15(21)7-3-12/h2-11,23H,1H3,(H,24,25). The SMILES string of the molecule is COc1cc(C(=O)O)ccc1NSc1ccc(-c2ccc(F)cc2)cc1F. The van der Waals surface area contributed by atoms with Gasteiger partial charge in [-0.3, -0.25) is 0 Å². The molecule has 3 aromatic rings. The van der Waals surface area contributed by atoms with Crippen LogP contribution in [-0.4, -0.2) is 18.2 Å². The molecule has 0 aliphatic carbocycles. The van der Waals surface area contributed by atoms with E-state index in [0.717, 1.165) is 11.9 Å². The third kappa shape index (κ3) is 4.38. The third-order valence-corrected chi connectivity index (χ3v) is 4.70. The van der Waals surface area contributed by atoms with Crippen LogP contribution in [0.25, 0.3) is 11.1 Å². The zero-order valence-electron chi connectivity index (χ0n) is 14.2. The molecule has 0 saturated heterocycles. The van der Waals surface area contributed by atoms with Gasteiger partial charge in [0.2, 0.25) is 0 Å². The van der Waals surface area contributed by atoms with Gasteiger partial charge in [0.05, 0.1) is 23.3 Å². The Bertz CT molecular complexity index is 977. The van der Waals surface area contributed by atoms with Gasteiger partial charge in [0.25, 0.3) is 0 Å². The number of carboxylic acids is 1. The number of ether oxygens (including phenoxy) is 1. The average molecular weight is 387 g/mol. The van der Waals surface area contributed by atoms with Crippen LogP contribution in [0, 0.1) is 11.6 Å². The molecule has 0 bridgehead atoms. The highest BCUT2D eigenvalue weighted by atomic mass is 32.2. The van der Waals surface area contributed by atoms with Crippen LogP contribution in [0.5, 0.6) is 5.75 Å². The number of aromatic carboxylic acids is 1. The van der Waals surface area contributed by atoms with E-state index in [0.29, 0.717) is 27.5 Å². The van der Waals surface area contributed by atoms with Crippen LogP contribution in [0.1, 0.15) is 10.4 Å². The Morgan fingerprint density at radius 2 is 1.70 bits per heavy atom. The number of halogens is 2. The highest BCUT2D eigenvalue weighted by Gasteiger charge is 2.11. The molecule has 0 amide bonds. The Morgan fingerprint density at radius 1 is 1.00 bits per heavy atom. The number of carbonyl (C=O) groups is 1. The normalized spacial score (nSPS) is 10.5. The van der Waals surface area contributed by atoms with Gasteiger partial charge in [-0.25, -0.2) is 13.6 Å². The van der Waals surface area contributed by atoms with Crippen molar-refractivity contribution in [2.75, 3.05) is 11.8 Å². The number of rotatable bonds is 6. The van der Waals surface area contributed by atoms with Crippen molar-refractivity contribution in [3.63, 3.8) is 0 Å². The number of anilines is 1. The van der Waals surface area contributed by atoms with Crippen LogP contribution in [0.3, 0.4) is 0 Å². The Hall–Kier alpha value is -3.06. The molecule has 0 fully saturated rings. The smallest absolute Gasteiger partial charge is 0.335 e. The van der Waals surface area contributed by atoms with Gasteiger partial charge in [-0.2, -0.15) is 0 Å². The summed E-state index contributed by atoms with van der Waals surface area (Å²) in [5, 5.41) is 9.02. The fraction of sp³-hybridized carbons (Fsp3) is 0.0500. The van der Waals surface area contributed by atoms with Crippen LogP contribution in [0.4, 0.5) is 14.5 Å². The maximum atomic E-state index is 14.4. The minimum atomic E-state index is -1.06. The van der Waals surface area contributed by atoms with Crippen molar-refractivity contribution in [1.82, 2.24) is 0 Å². The van der Waals surface area contributed by atoms with Crippen LogP contribution in [0.2, 0.25) is 0 Å². The van der Waals surface area contributed by atoms with Crippen LogP contribution in [0.15, 0.2) is 65.6 Å². The molecular formula is C20H15F2NO3S. The van der Waals surface area contributed by atoms with Gasteiger partial charge < -0.3 is 14.6 Å². The largest absolute Gasteiger partial charge is 0.495 e. The summed E-state index contributed by atoms with van der Waals surface area (Å²) < 4.78 is 35.6. The summed E-state index contributed by atoms with van der Waals surface area (Å²) in [5.41, 5.74) is 1.97. The number of benzene rings is 3. The predicted molar refractivity (Wildman–Crippen MR) is 101 cm³/mol. The van der Waals surface area contributed by atoms with E-state index < -0.39 is 11.8 Å². The fourth-order valence-corrected chi connectivity index (χ4v) is 3.11. The zero-order valence-corrected chi connectivity index (χ0v) is 15.0. The van der Waals surface area contributed by atoms with E-state index in [1.807, 2.05) is 0 Å². The topological polar surface area (TPSA) is 58.6 Å². The summed E-state index contributed by atoms with van der Waals surface area (Å²) >= 11 is 1.04. The Kier molecular flexibility index (Phi) is 5.61. The van der Waals surface area contributed by atoms with Crippen LogP contribution >= 0.6 is 11.9 Å². The molecule has 0 heterocycles. The molecule has 0 spiro atoms. The Balaban J connectivity index is 1.77. The van der Waals surface area contributed by atoms with E-state index in [4.69, 9.17) is 9.84 Å². The molecule has 0 atom stereocenters. The average Bonchev–Trinajstić information content (AvgIpc) is 2.67. The summed E-state index contributed by atoms with van der Waals surface area (Å²) in [6.07, 6.45) is 0. The summed E-state index contributed by atoms with van der Waals surface area (Å²) in [6, 6.07) is 14.9. The first-order chi connectivity index (χ1) is 13.0. The molecule has 2 N–H and O–H groups in total. The molecule has 3 rings (SSSR count). The molecule has 4 nitrogen and oxygen atoms in total. The zero-order chi connectivity index (χ0) is 19.4. The van der Waals surface area contributed by atoms with Crippen molar-refractivity contribution < 1.29 is 23.4 Å².